The fraction of sp³-hybridized carbons (Fsp3) is 0.833. The van der Waals surface area contributed by atoms with Crippen LogP contribution in [-0.2, 0) is 4.79 Å². The van der Waals surface area contributed by atoms with Gasteiger partial charge in [0.2, 0.25) is 5.91 Å². The molecular weight excluding hydrogens is 291 g/mol. The molecule has 9 heteroatoms. The average Bonchev–Trinajstić information content (AvgIpc) is 2.42. The molecule has 0 spiro atoms. The fourth-order valence-electron chi connectivity index (χ4n) is 2.07. The molecule has 0 aromatic rings. The number of rotatable bonds is 3. The molecule has 1 heterocycles. The summed E-state index contributed by atoms with van der Waals surface area (Å²) in [6, 6.07) is -0.152. The van der Waals surface area contributed by atoms with Gasteiger partial charge in [0.1, 0.15) is 0 Å². The Labute approximate surface area is 120 Å². The van der Waals surface area contributed by atoms with E-state index in [0.717, 1.165) is 0 Å². The normalized spacial score (nSPS) is 18.3. The molecule has 0 radical (unpaired) electrons. The summed E-state index contributed by atoms with van der Waals surface area (Å²) < 4.78 is 36.3. The SMILES string of the molecule is CN(C)C(=O)N1CCC(C(=O)NCC(O)C(F)(F)F)CC1. The number of urea groups is 1. The first-order chi connectivity index (χ1) is 9.62. The lowest BCUT2D eigenvalue weighted by Gasteiger charge is -2.33. The van der Waals surface area contributed by atoms with Crippen LogP contribution in [0.5, 0.6) is 0 Å². The van der Waals surface area contributed by atoms with Crippen molar-refractivity contribution in [3.63, 3.8) is 0 Å². The minimum Gasteiger partial charge on any atom is -0.382 e. The molecular formula is C12H20F3N3O3. The topological polar surface area (TPSA) is 72.9 Å². The van der Waals surface area contributed by atoms with Crippen molar-refractivity contribution in [1.29, 1.82) is 0 Å². The summed E-state index contributed by atoms with van der Waals surface area (Å²) in [5, 5.41) is 10.9. The van der Waals surface area contributed by atoms with Crippen LogP contribution in [0.15, 0.2) is 0 Å². The lowest BCUT2D eigenvalue weighted by atomic mass is 9.96. The molecule has 122 valence electrons. The van der Waals surface area contributed by atoms with Gasteiger partial charge in [-0.2, -0.15) is 13.2 Å². The molecule has 0 aromatic carbocycles. The summed E-state index contributed by atoms with van der Waals surface area (Å²) in [5.41, 5.74) is 0. The largest absolute Gasteiger partial charge is 0.416 e. The molecule has 1 atom stereocenters. The fourth-order valence-corrected chi connectivity index (χ4v) is 2.07. The molecule has 6 nitrogen and oxygen atoms in total. The van der Waals surface area contributed by atoms with E-state index < -0.39 is 30.7 Å². The first kappa shape index (κ1) is 17.5. The van der Waals surface area contributed by atoms with Crippen molar-refractivity contribution in [2.75, 3.05) is 33.7 Å². The van der Waals surface area contributed by atoms with Gasteiger partial charge in [-0.25, -0.2) is 4.79 Å². The van der Waals surface area contributed by atoms with Gasteiger partial charge in [0.25, 0.3) is 0 Å². The van der Waals surface area contributed by atoms with Crippen LogP contribution in [-0.4, -0.2) is 72.9 Å². The summed E-state index contributed by atoms with van der Waals surface area (Å²) in [5.74, 6) is -0.952. The van der Waals surface area contributed by atoms with Gasteiger partial charge in [0, 0.05) is 33.1 Å². The lowest BCUT2D eigenvalue weighted by molar-refractivity contribution is -0.202. The second-order valence-corrected chi connectivity index (χ2v) is 5.24. The maximum absolute atomic E-state index is 12.1. The number of aliphatic hydroxyl groups excluding tert-OH is 1. The molecule has 21 heavy (non-hydrogen) atoms. The third kappa shape index (κ3) is 5.07. The monoisotopic (exact) mass is 311 g/mol. The molecule has 1 aliphatic rings. The second kappa shape index (κ2) is 6.97. The van der Waals surface area contributed by atoms with Crippen molar-refractivity contribution >= 4 is 11.9 Å². The lowest BCUT2D eigenvalue weighted by Crippen LogP contribution is -2.48. The van der Waals surface area contributed by atoms with Crippen LogP contribution in [0.3, 0.4) is 0 Å². The molecule has 3 amide bonds. The number of aliphatic hydroxyl groups is 1. The Morgan fingerprint density at radius 1 is 1.33 bits per heavy atom. The third-order valence-electron chi connectivity index (χ3n) is 3.37. The summed E-state index contributed by atoms with van der Waals surface area (Å²) in [7, 11) is 3.25. The van der Waals surface area contributed by atoms with Crippen molar-refractivity contribution in [3.05, 3.63) is 0 Å². The van der Waals surface area contributed by atoms with Gasteiger partial charge in [0.15, 0.2) is 6.10 Å². The van der Waals surface area contributed by atoms with Crippen molar-refractivity contribution < 1.29 is 27.9 Å². The average molecular weight is 311 g/mol. The third-order valence-corrected chi connectivity index (χ3v) is 3.37. The molecule has 1 unspecified atom stereocenters. The van der Waals surface area contributed by atoms with Gasteiger partial charge < -0.3 is 20.2 Å². The minimum absolute atomic E-state index is 0.152. The molecule has 1 aliphatic heterocycles. The number of carbonyl (C=O) groups is 2. The van der Waals surface area contributed by atoms with Crippen molar-refractivity contribution in [2.45, 2.75) is 25.1 Å². The number of amides is 3. The van der Waals surface area contributed by atoms with E-state index in [2.05, 4.69) is 5.32 Å². The molecule has 0 aromatic heterocycles. The second-order valence-electron chi connectivity index (χ2n) is 5.24. The van der Waals surface area contributed by atoms with E-state index in [0.29, 0.717) is 25.9 Å². The van der Waals surface area contributed by atoms with Crippen LogP contribution in [0, 0.1) is 5.92 Å². The van der Waals surface area contributed by atoms with E-state index in [1.165, 1.54) is 4.90 Å². The van der Waals surface area contributed by atoms with E-state index in [-0.39, 0.29) is 6.03 Å². The first-order valence-corrected chi connectivity index (χ1v) is 6.61. The molecule has 0 aliphatic carbocycles. The number of hydrogen-bond acceptors (Lipinski definition) is 3. The highest BCUT2D eigenvalue weighted by Crippen LogP contribution is 2.20. The molecule has 1 rings (SSSR count). The molecule has 1 fully saturated rings. The standard InChI is InChI=1S/C12H20F3N3O3/c1-17(2)11(21)18-5-3-8(4-6-18)10(20)16-7-9(19)12(13,14)15/h8-9,19H,3-7H2,1-2H3,(H,16,20). The zero-order valence-corrected chi connectivity index (χ0v) is 12.0. The van der Waals surface area contributed by atoms with Crippen LogP contribution in [0.25, 0.3) is 0 Å². The van der Waals surface area contributed by atoms with Crippen LogP contribution in [0.4, 0.5) is 18.0 Å². The van der Waals surface area contributed by atoms with Gasteiger partial charge in [-0.15, -0.1) is 0 Å². The van der Waals surface area contributed by atoms with Gasteiger partial charge in [-0.3, -0.25) is 4.79 Å². The van der Waals surface area contributed by atoms with Crippen LogP contribution in [0.1, 0.15) is 12.8 Å². The highest BCUT2D eigenvalue weighted by molar-refractivity contribution is 5.79. The summed E-state index contributed by atoms with van der Waals surface area (Å²) >= 11 is 0. The minimum atomic E-state index is -4.74. The number of alkyl halides is 3. The van der Waals surface area contributed by atoms with E-state index in [1.807, 2.05) is 0 Å². The number of carbonyl (C=O) groups excluding carboxylic acids is 2. The Bertz CT molecular complexity index is 380. The number of nitrogens with zero attached hydrogens (tertiary/aromatic N) is 2. The van der Waals surface area contributed by atoms with Crippen molar-refractivity contribution in [3.8, 4) is 0 Å². The van der Waals surface area contributed by atoms with E-state index in [4.69, 9.17) is 5.11 Å². The van der Waals surface area contributed by atoms with E-state index >= 15 is 0 Å². The predicted molar refractivity (Wildman–Crippen MR) is 68.5 cm³/mol. The summed E-state index contributed by atoms with van der Waals surface area (Å²) in [6.07, 6.45) is -6.51. The van der Waals surface area contributed by atoms with Crippen molar-refractivity contribution in [1.82, 2.24) is 15.1 Å². The van der Waals surface area contributed by atoms with Gasteiger partial charge in [0.05, 0.1) is 6.54 Å². The Hall–Kier alpha value is -1.51. The zero-order chi connectivity index (χ0) is 16.2. The van der Waals surface area contributed by atoms with E-state index in [9.17, 15) is 22.8 Å². The first-order valence-electron chi connectivity index (χ1n) is 6.61. The van der Waals surface area contributed by atoms with Gasteiger partial charge in [-0.05, 0) is 12.8 Å². The Morgan fingerprint density at radius 3 is 2.29 bits per heavy atom. The molecule has 1 saturated heterocycles. The maximum Gasteiger partial charge on any atom is 0.416 e. The Balaban J connectivity index is 2.37. The number of hydrogen-bond donors (Lipinski definition) is 2. The number of nitrogens with one attached hydrogen (secondary N) is 1. The number of halogens is 3. The highest BCUT2D eigenvalue weighted by atomic mass is 19.4. The maximum atomic E-state index is 12.1. The van der Waals surface area contributed by atoms with Crippen LogP contribution in [0.2, 0.25) is 0 Å². The predicted octanol–water partition coefficient (Wildman–Crippen LogP) is 0.419. The van der Waals surface area contributed by atoms with Crippen molar-refractivity contribution in [2.24, 2.45) is 5.92 Å². The number of likely N-dealkylation sites (tertiary alicyclic amines) is 1. The quantitative estimate of drug-likeness (QED) is 0.793. The smallest absolute Gasteiger partial charge is 0.382 e. The van der Waals surface area contributed by atoms with Gasteiger partial charge >= 0.3 is 12.2 Å². The van der Waals surface area contributed by atoms with E-state index in [1.54, 1.807) is 19.0 Å². The molecule has 0 bridgehead atoms. The molecule has 0 saturated carbocycles. The van der Waals surface area contributed by atoms with Crippen LogP contribution < -0.4 is 5.32 Å². The Kier molecular flexibility index (Phi) is 5.82. The summed E-state index contributed by atoms with van der Waals surface area (Å²) in [6.45, 7) is -0.0764. The van der Waals surface area contributed by atoms with Gasteiger partial charge in [-0.1, -0.05) is 0 Å². The molecule has 2 N–H and O–H groups in total. The zero-order valence-electron chi connectivity index (χ0n) is 12.0. The highest BCUT2D eigenvalue weighted by Gasteiger charge is 2.38. The van der Waals surface area contributed by atoms with Crippen LogP contribution >= 0.6 is 0 Å². The number of piperidine rings is 1. The Morgan fingerprint density at radius 2 is 1.86 bits per heavy atom. The summed E-state index contributed by atoms with van der Waals surface area (Å²) in [4.78, 5) is 26.5.